The van der Waals surface area contributed by atoms with E-state index in [1.165, 1.54) is 0 Å². The lowest BCUT2D eigenvalue weighted by Gasteiger charge is -2.35. The van der Waals surface area contributed by atoms with E-state index in [1.54, 1.807) is 0 Å². The molecule has 0 aromatic carbocycles. The van der Waals surface area contributed by atoms with E-state index < -0.39 is 47.5 Å². The second-order valence-corrected chi connectivity index (χ2v) is 6.38. The minimum Gasteiger partial charge on any atom is -0.392 e. The van der Waals surface area contributed by atoms with Crippen LogP contribution in [0.15, 0.2) is 22.3 Å². The normalized spacial score (nSPS) is 37.0. The molecule has 22 heavy (non-hydrogen) atoms. The highest BCUT2D eigenvalue weighted by atomic mass is 16.6. The first kappa shape index (κ1) is 13.4. The fourth-order valence-electron chi connectivity index (χ4n) is 4.30. The molecule has 0 N–H and O–H groups in total. The molecule has 0 radical (unpaired) electrons. The Morgan fingerprint density at radius 3 is 1.41 bits per heavy atom. The van der Waals surface area contributed by atoms with Gasteiger partial charge in [0.15, 0.2) is 0 Å². The minimum atomic E-state index is -0.552. The largest absolute Gasteiger partial charge is 0.392 e. The van der Waals surface area contributed by atoms with Crippen LogP contribution < -0.4 is 0 Å². The van der Waals surface area contributed by atoms with Gasteiger partial charge in [0.1, 0.15) is 0 Å². The lowest BCUT2D eigenvalue weighted by Crippen LogP contribution is -2.32. The molecule has 2 heterocycles. The number of carbonyl (C=O) groups is 4. The molecule has 4 aliphatic rings. The fourth-order valence-corrected chi connectivity index (χ4v) is 4.30. The molecule has 0 aromatic rings. The van der Waals surface area contributed by atoms with Crippen molar-refractivity contribution in [3.63, 3.8) is 0 Å². The molecule has 114 valence electrons. The summed E-state index contributed by atoms with van der Waals surface area (Å²) in [5, 5.41) is 0. The Bertz CT molecular complexity index is 663. The van der Waals surface area contributed by atoms with Crippen LogP contribution in [0.2, 0.25) is 0 Å². The third-order valence-electron chi connectivity index (χ3n) is 5.42. The number of rotatable bonds is 0. The SMILES string of the molecule is CC1=C2CC3C(=O)OC(=O)C3C(C)=C2CC2C(=O)OC(=O)C12. The number of carbonyl (C=O) groups excluding carboxylic acids is 4. The number of fused-ring (bicyclic) bond motifs is 3. The molecule has 2 aliphatic heterocycles. The fraction of sp³-hybridized carbons (Fsp3) is 0.500. The van der Waals surface area contributed by atoms with Crippen molar-refractivity contribution in [2.45, 2.75) is 26.7 Å². The molecule has 4 atom stereocenters. The summed E-state index contributed by atoms with van der Waals surface area (Å²) in [5.41, 5.74) is 3.40. The molecule has 0 bridgehead atoms. The van der Waals surface area contributed by atoms with E-state index in [0.717, 1.165) is 22.3 Å². The third kappa shape index (κ3) is 1.50. The lowest BCUT2D eigenvalue weighted by atomic mass is 9.65. The molecule has 2 saturated heterocycles. The molecule has 0 spiro atoms. The summed E-state index contributed by atoms with van der Waals surface area (Å²) in [5.74, 6) is -4.14. The van der Waals surface area contributed by atoms with Crippen molar-refractivity contribution >= 4 is 23.9 Å². The molecule has 0 amide bonds. The Labute approximate surface area is 126 Å². The van der Waals surface area contributed by atoms with E-state index in [2.05, 4.69) is 0 Å². The smallest absolute Gasteiger partial charge is 0.321 e. The molecule has 4 rings (SSSR count). The van der Waals surface area contributed by atoms with Gasteiger partial charge in [-0.1, -0.05) is 11.1 Å². The summed E-state index contributed by atoms with van der Waals surface area (Å²) in [6, 6.07) is 0. The molecule has 0 saturated carbocycles. The Balaban J connectivity index is 1.88. The molecule has 4 unspecified atom stereocenters. The predicted molar refractivity (Wildman–Crippen MR) is 70.8 cm³/mol. The molecule has 2 aliphatic carbocycles. The van der Waals surface area contributed by atoms with Gasteiger partial charge >= 0.3 is 23.9 Å². The van der Waals surface area contributed by atoms with Gasteiger partial charge in [-0.25, -0.2) is 0 Å². The van der Waals surface area contributed by atoms with Crippen molar-refractivity contribution in [3.05, 3.63) is 22.3 Å². The maximum atomic E-state index is 11.9. The Morgan fingerprint density at radius 1 is 0.682 bits per heavy atom. The van der Waals surface area contributed by atoms with Crippen molar-refractivity contribution in [2.75, 3.05) is 0 Å². The number of hydrogen-bond donors (Lipinski definition) is 0. The zero-order chi connectivity index (χ0) is 15.8. The number of ether oxygens (including phenoxy) is 2. The predicted octanol–water partition coefficient (Wildman–Crippen LogP) is 1.06. The molecule has 0 aromatic heterocycles. The number of hydrogen-bond acceptors (Lipinski definition) is 6. The number of cyclic esters (lactones) is 4. The van der Waals surface area contributed by atoms with Crippen LogP contribution in [0.1, 0.15) is 26.7 Å². The zero-order valence-electron chi connectivity index (χ0n) is 12.2. The van der Waals surface area contributed by atoms with Crippen molar-refractivity contribution in [1.29, 1.82) is 0 Å². The second kappa shape index (κ2) is 4.15. The van der Waals surface area contributed by atoms with Gasteiger partial charge in [0.2, 0.25) is 0 Å². The van der Waals surface area contributed by atoms with Crippen LogP contribution in [0.5, 0.6) is 0 Å². The third-order valence-corrected chi connectivity index (χ3v) is 5.42. The van der Waals surface area contributed by atoms with Crippen LogP contribution in [0.3, 0.4) is 0 Å². The standard InChI is InChI=1S/C16H14O6/c1-5-7-3-10-12(16(20)22-14(10)18)6(2)8(7)4-9-11(5)15(19)21-13(9)17/h9-12H,3-4H2,1-2H3. The van der Waals surface area contributed by atoms with Crippen LogP contribution in [-0.4, -0.2) is 23.9 Å². The first-order chi connectivity index (χ1) is 10.4. The van der Waals surface area contributed by atoms with Crippen molar-refractivity contribution < 1.29 is 28.7 Å². The van der Waals surface area contributed by atoms with Crippen LogP contribution in [0, 0.1) is 23.7 Å². The summed E-state index contributed by atoms with van der Waals surface area (Å²) in [4.78, 5) is 47.5. The summed E-state index contributed by atoms with van der Waals surface area (Å²) >= 11 is 0. The van der Waals surface area contributed by atoms with Crippen molar-refractivity contribution in [1.82, 2.24) is 0 Å². The first-order valence-corrected chi connectivity index (χ1v) is 7.31. The first-order valence-electron chi connectivity index (χ1n) is 7.31. The highest BCUT2D eigenvalue weighted by molar-refractivity contribution is 6.01. The Morgan fingerprint density at radius 2 is 1.05 bits per heavy atom. The van der Waals surface area contributed by atoms with Gasteiger partial charge in [0.25, 0.3) is 0 Å². The van der Waals surface area contributed by atoms with Crippen molar-refractivity contribution in [3.8, 4) is 0 Å². The van der Waals surface area contributed by atoms with Gasteiger partial charge in [-0.05, 0) is 37.8 Å². The van der Waals surface area contributed by atoms with Gasteiger partial charge in [-0.3, -0.25) is 19.2 Å². The molecule has 2 fully saturated rings. The molecule has 6 heteroatoms. The average Bonchev–Trinajstić information content (AvgIpc) is 2.89. The van der Waals surface area contributed by atoms with Crippen LogP contribution >= 0.6 is 0 Å². The summed E-state index contributed by atoms with van der Waals surface area (Å²) in [7, 11) is 0. The molecule has 6 nitrogen and oxygen atoms in total. The monoisotopic (exact) mass is 302 g/mol. The Hall–Kier alpha value is -2.24. The molecular weight excluding hydrogens is 288 g/mol. The van der Waals surface area contributed by atoms with E-state index in [9.17, 15) is 19.2 Å². The Kier molecular flexibility index (Phi) is 2.53. The molecular formula is C16H14O6. The van der Waals surface area contributed by atoms with Crippen LogP contribution in [0.4, 0.5) is 0 Å². The topological polar surface area (TPSA) is 86.7 Å². The van der Waals surface area contributed by atoms with E-state index >= 15 is 0 Å². The van der Waals surface area contributed by atoms with E-state index in [-0.39, 0.29) is 0 Å². The summed E-state index contributed by atoms with van der Waals surface area (Å²) < 4.78 is 9.53. The van der Waals surface area contributed by atoms with Gasteiger partial charge < -0.3 is 9.47 Å². The average molecular weight is 302 g/mol. The van der Waals surface area contributed by atoms with Crippen LogP contribution in [0.25, 0.3) is 0 Å². The van der Waals surface area contributed by atoms with Gasteiger partial charge in [-0.2, -0.15) is 0 Å². The van der Waals surface area contributed by atoms with Gasteiger partial charge in [-0.15, -0.1) is 0 Å². The van der Waals surface area contributed by atoms with E-state index in [4.69, 9.17) is 9.47 Å². The second-order valence-electron chi connectivity index (χ2n) is 6.38. The summed E-state index contributed by atoms with van der Waals surface area (Å²) in [6.45, 7) is 3.61. The van der Waals surface area contributed by atoms with E-state index in [1.807, 2.05) is 13.8 Å². The maximum Gasteiger partial charge on any atom is 0.321 e. The van der Waals surface area contributed by atoms with Crippen LogP contribution in [-0.2, 0) is 28.7 Å². The lowest BCUT2D eigenvalue weighted by molar-refractivity contribution is -0.155. The number of esters is 4. The zero-order valence-corrected chi connectivity index (χ0v) is 12.2. The van der Waals surface area contributed by atoms with Gasteiger partial charge in [0, 0.05) is 0 Å². The van der Waals surface area contributed by atoms with E-state index in [0.29, 0.717) is 12.8 Å². The number of allylic oxidation sites excluding steroid dienone is 2. The maximum absolute atomic E-state index is 11.9. The van der Waals surface area contributed by atoms with Gasteiger partial charge in [0.05, 0.1) is 23.7 Å². The highest BCUT2D eigenvalue weighted by Gasteiger charge is 2.54. The highest BCUT2D eigenvalue weighted by Crippen LogP contribution is 2.51. The minimum absolute atomic E-state index is 0.387. The summed E-state index contributed by atoms with van der Waals surface area (Å²) in [6.07, 6.45) is 0.775. The quantitative estimate of drug-likeness (QED) is 0.491. The van der Waals surface area contributed by atoms with Crippen molar-refractivity contribution in [2.24, 2.45) is 23.7 Å².